The molecule has 0 fully saturated rings. The number of halogens is 1. The molecule has 2 rings (SSSR count). The molecule has 0 saturated carbocycles. The van der Waals surface area contributed by atoms with E-state index in [9.17, 15) is 13.2 Å². The van der Waals surface area contributed by atoms with Crippen molar-refractivity contribution >= 4 is 27.5 Å². The van der Waals surface area contributed by atoms with Crippen molar-refractivity contribution in [3.63, 3.8) is 0 Å². The monoisotopic (exact) mass is 385 g/mol. The molecule has 0 radical (unpaired) electrons. The van der Waals surface area contributed by atoms with Gasteiger partial charge in [0.25, 0.3) is 5.91 Å². The molecular weight excluding hydrogens is 370 g/mol. The van der Waals surface area contributed by atoms with Crippen molar-refractivity contribution in [3.05, 3.63) is 47.0 Å². The van der Waals surface area contributed by atoms with Crippen LogP contribution in [-0.4, -0.2) is 34.8 Å². The average Bonchev–Trinajstić information content (AvgIpc) is 2.54. The van der Waals surface area contributed by atoms with Gasteiger partial charge in [0.15, 0.2) is 11.5 Å². The molecule has 9 heteroatoms. The van der Waals surface area contributed by atoms with Gasteiger partial charge in [-0.1, -0.05) is 11.6 Å². The van der Waals surface area contributed by atoms with Crippen LogP contribution in [0.4, 0.5) is 0 Å². The van der Waals surface area contributed by atoms with E-state index in [2.05, 4.69) is 0 Å². The maximum atomic E-state index is 12.0. The number of hydrogen-bond acceptors (Lipinski definition) is 6. The molecular formula is C16H16ClNO6S. The first-order chi connectivity index (χ1) is 11.7. The lowest BCUT2D eigenvalue weighted by Gasteiger charge is -2.13. The van der Waals surface area contributed by atoms with Crippen LogP contribution in [0.25, 0.3) is 0 Å². The molecule has 1 N–H and O–H groups in total. The van der Waals surface area contributed by atoms with E-state index < -0.39 is 15.9 Å². The summed E-state index contributed by atoms with van der Waals surface area (Å²) in [6, 6.07) is 9.25. The summed E-state index contributed by atoms with van der Waals surface area (Å²) < 4.78 is 40.3. The molecule has 0 aliphatic carbocycles. The highest BCUT2D eigenvalue weighted by Gasteiger charge is 2.17. The van der Waals surface area contributed by atoms with E-state index in [0.29, 0.717) is 22.3 Å². The second-order valence-electron chi connectivity index (χ2n) is 4.96. The third kappa shape index (κ3) is 5.01. The van der Waals surface area contributed by atoms with E-state index in [1.807, 2.05) is 4.72 Å². The lowest BCUT2D eigenvalue weighted by atomic mass is 10.2. The molecule has 2 aromatic carbocycles. The summed E-state index contributed by atoms with van der Waals surface area (Å²) in [5, 5.41) is 0.495. The molecule has 0 spiro atoms. The molecule has 0 bridgehead atoms. The number of ether oxygens (including phenoxy) is 3. The molecule has 0 heterocycles. The minimum absolute atomic E-state index is 0.0587. The molecule has 2 aromatic rings. The number of hydrogen-bond donors (Lipinski definition) is 1. The number of benzene rings is 2. The van der Waals surface area contributed by atoms with Crippen LogP contribution in [0.15, 0.2) is 36.4 Å². The van der Waals surface area contributed by atoms with Crippen molar-refractivity contribution in [1.29, 1.82) is 0 Å². The van der Waals surface area contributed by atoms with Crippen LogP contribution in [0, 0.1) is 0 Å². The Labute approximate surface area is 150 Å². The first kappa shape index (κ1) is 18.9. The van der Waals surface area contributed by atoms with Crippen LogP contribution in [-0.2, 0) is 10.0 Å². The molecule has 25 heavy (non-hydrogen) atoms. The number of carbonyl (C=O) groups excluding carboxylic acids is 1. The highest BCUT2D eigenvalue weighted by atomic mass is 35.5. The average molecular weight is 386 g/mol. The summed E-state index contributed by atoms with van der Waals surface area (Å²) in [7, 11) is -0.839. The number of sulfonamides is 1. The molecule has 134 valence electrons. The first-order valence-corrected chi connectivity index (χ1v) is 9.22. The maximum Gasteiger partial charge on any atom is 0.268 e. The number of rotatable bonds is 6. The number of methoxy groups -OCH3 is 2. The van der Waals surface area contributed by atoms with Crippen molar-refractivity contribution in [2.45, 2.75) is 0 Å². The zero-order chi connectivity index (χ0) is 18.6. The van der Waals surface area contributed by atoms with Crippen LogP contribution < -0.4 is 18.9 Å². The number of carbonyl (C=O) groups is 1. The Balaban J connectivity index is 2.32. The fourth-order valence-electron chi connectivity index (χ4n) is 2.00. The molecule has 0 unspecified atom stereocenters. The fourth-order valence-corrected chi connectivity index (χ4v) is 2.61. The number of amides is 1. The van der Waals surface area contributed by atoms with Gasteiger partial charge in [-0.05, 0) is 24.3 Å². The molecule has 0 saturated heterocycles. The van der Waals surface area contributed by atoms with Crippen molar-refractivity contribution in [1.82, 2.24) is 4.72 Å². The molecule has 7 nitrogen and oxygen atoms in total. The van der Waals surface area contributed by atoms with Crippen LogP contribution in [0.5, 0.6) is 23.0 Å². The minimum Gasteiger partial charge on any atom is -0.496 e. The summed E-state index contributed by atoms with van der Waals surface area (Å²) in [6.45, 7) is 0. The van der Waals surface area contributed by atoms with Gasteiger partial charge in [0, 0.05) is 17.2 Å². The van der Waals surface area contributed by atoms with Crippen LogP contribution in [0.3, 0.4) is 0 Å². The second kappa shape index (κ2) is 7.62. The Morgan fingerprint density at radius 2 is 1.68 bits per heavy atom. The van der Waals surface area contributed by atoms with E-state index in [4.69, 9.17) is 25.8 Å². The lowest BCUT2D eigenvalue weighted by Crippen LogP contribution is -2.29. The predicted molar refractivity (Wildman–Crippen MR) is 93.4 cm³/mol. The predicted octanol–water partition coefficient (Wildman–Crippen LogP) is 2.84. The zero-order valence-corrected chi connectivity index (χ0v) is 15.3. The van der Waals surface area contributed by atoms with Crippen LogP contribution in [0.1, 0.15) is 10.4 Å². The summed E-state index contributed by atoms with van der Waals surface area (Å²) in [5.74, 6) is 0.586. The van der Waals surface area contributed by atoms with Crippen LogP contribution in [0.2, 0.25) is 5.02 Å². The fraction of sp³-hybridized carbons (Fsp3) is 0.188. The van der Waals surface area contributed by atoms with Gasteiger partial charge in [-0.3, -0.25) is 4.79 Å². The van der Waals surface area contributed by atoms with Gasteiger partial charge in [0.2, 0.25) is 10.0 Å². The van der Waals surface area contributed by atoms with Crippen molar-refractivity contribution in [2.75, 3.05) is 20.5 Å². The summed E-state index contributed by atoms with van der Waals surface area (Å²) in [5.41, 5.74) is 0.0587. The van der Waals surface area contributed by atoms with E-state index in [-0.39, 0.29) is 11.3 Å². The Kier molecular flexibility index (Phi) is 5.76. The lowest BCUT2D eigenvalue weighted by molar-refractivity contribution is 0.0978. The quantitative estimate of drug-likeness (QED) is 0.822. The molecule has 0 aliphatic heterocycles. The van der Waals surface area contributed by atoms with Crippen molar-refractivity contribution in [2.24, 2.45) is 0 Å². The Morgan fingerprint density at radius 1 is 1.00 bits per heavy atom. The molecule has 0 aromatic heterocycles. The minimum atomic E-state index is -3.68. The van der Waals surface area contributed by atoms with E-state index in [0.717, 1.165) is 6.26 Å². The largest absolute Gasteiger partial charge is 0.496 e. The van der Waals surface area contributed by atoms with Crippen molar-refractivity contribution < 1.29 is 27.4 Å². The third-order valence-corrected chi connectivity index (χ3v) is 3.84. The van der Waals surface area contributed by atoms with Gasteiger partial charge in [0.1, 0.15) is 11.5 Å². The topological polar surface area (TPSA) is 90.9 Å². The normalized spacial score (nSPS) is 10.9. The Morgan fingerprint density at radius 3 is 2.28 bits per heavy atom. The highest BCUT2D eigenvalue weighted by molar-refractivity contribution is 7.89. The highest BCUT2D eigenvalue weighted by Crippen LogP contribution is 2.35. The van der Waals surface area contributed by atoms with Gasteiger partial charge < -0.3 is 14.2 Å². The van der Waals surface area contributed by atoms with E-state index in [1.54, 1.807) is 18.2 Å². The smallest absolute Gasteiger partial charge is 0.268 e. The molecule has 0 atom stereocenters. The van der Waals surface area contributed by atoms with Crippen molar-refractivity contribution in [3.8, 4) is 23.0 Å². The van der Waals surface area contributed by atoms with Crippen LogP contribution >= 0.6 is 11.6 Å². The van der Waals surface area contributed by atoms with Gasteiger partial charge in [-0.2, -0.15) is 0 Å². The Bertz CT molecular complexity index is 897. The number of nitrogens with one attached hydrogen (secondary N) is 1. The van der Waals surface area contributed by atoms with Gasteiger partial charge in [-0.15, -0.1) is 0 Å². The summed E-state index contributed by atoms with van der Waals surface area (Å²) in [4.78, 5) is 12.0. The standard InChI is InChI=1S/C16H16ClNO6S/c1-22-14-9-11(5-6-12(14)16(19)18-25(3,20)21)24-13-7-4-10(17)8-15(13)23-2/h4-9H,1-3H3,(H,18,19). The SMILES string of the molecule is COc1cc(Cl)ccc1Oc1ccc(C(=O)NS(C)(=O)=O)c(OC)c1. The van der Waals surface area contributed by atoms with Gasteiger partial charge >= 0.3 is 0 Å². The van der Waals surface area contributed by atoms with E-state index >= 15 is 0 Å². The summed E-state index contributed by atoms with van der Waals surface area (Å²) >= 11 is 5.91. The third-order valence-electron chi connectivity index (χ3n) is 3.05. The van der Waals surface area contributed by atoms with E-state index in [1.165, 1.54) is 32.4 Å². The molecule has 1 amide bonds. The Hall–Kier alpha value is -2.45. The molecule has 0 aliphatic rings. The first-order valence-electron chi connectivity index (χ1n) is 6.95. The summed E-state index contributed by atoms with van der Waals surface area (Å²) in [6.07, 6.45) is 0.891. The maximum absolute atomic E-state index is 12.0. The van der Waals surface area contributed by atoms with Gasteiger partial charge in [-0.25, -0.2) is 13.1 Å². The zero-order valence-electron chi connectivity index (χ0n) is 13.7. The second-order valence-corrected chi connectivity index (χ2v) is 7.15. The van der Waals surface area contributed by atoms with Gasteiger partial charge in [0.05, 0.1) is 26.0 Å².